The molecular weight excluding hydrogens is 196 g/mol. The van der Waals surface area contributed by atoms with Gasteiger partial charge >= 0.3 is 0 Å². The summed E-state index contributed by atoms with van der Waals surface area (Å²) in [5.74, 6) is 0.396. The van der Waals surface area contributed by atoms with E-state index in [1.807, 2.05) is 0 Å². The van der Waals surface area contributed by atoms with Gasteiger partial charge in [-0.15, -0.1) is 0 Å². The molecule has 0 saturated carbocycles. The summed E-state index contributed by atoms with van der Waals surface area (Å²) in [6.07, 6.45) is 9.50. The highest BCUT2D eigenvalue weighted by Crippen LogP contribution is 2.35. The molecule has 1 aliphatic rings. The van der Waals surface area contributed by atoms with E-state index in [2.05, 4.69) is 39.8 Å². The molecule has 92 valence electrons. The van der Waals surface area contributed by atoms with Crippen LogP contribution in [0.4, 0.5) is 0 Å². The van der Waals surface area contributed by atoms with Crippen molar-refractivity contribution in [3.63, 3.8) is 0 Å². The lowest BCUT2D eigenvalue weighted by Crippen LogP contribution is -2.37. The van der Waals surface area contributed by atoms with Crippen molar-refractivity contribution in [2.75, 3.05) is 0 Å². The summed E-state index contributed by atoms with van der Waals surface area (Å²) >= 11 is 0. The minimum Gasteiger partial charge on any atom is -0.389 e. The van der Waals surface area contributed by atoms with Gasteiger partial charge in [-0.05, 0) is 58.8 Å². The van der Waals surface area contributed by atoms with E-state index in [1.54, 1.807) is 0 Å². The summed E-state index contributed by atoms with van der Waals surface area (Å²) in [6.45, 7) is 8.61. The summed E-state index contributed by atoms with van der Waals surface area (Å²) in [5.41, 5.74) is 2.36. The molecular formula is C15H26O. The van der Waals surface area contributed by atoms with Gasteiger partial charge in [0.2, 0.25) is 0 Å². The Bertz CT molecular complexity index is 284. The molecule has 0 spiro atoms. The summed E-state index contributed by atoms with van der Waals surface area (Å²) in [4.78, 5) is 0. The van der Waals surface area contributed by atoms with Crippen LogP contribution >= 0.6 is 0 Å². The van der Waals surface area contributed by atoms with Gasteiger partial charge < -0.3 is 5.11 Å². The van der Waals surface area contributed by atoms with Crippen LogP contribution in [0.15, 0.2) is 23.3 Å². The fourth-order valence-corrected chi connectivity index (χ4v) is 2.31. The predicted octanol–water partition coefficient (Wildman–Crippen LogP) is 4.23. The van der Waals surface area contributed by atoms with Crippen LogP contribution in [0.3, 0.4) is 0 Å². The molecule has 0 amide bonds. The molecule has 0 bridgehead atoms. The van der Waals surface area contributed by atoms with Gasteiger partial charge in [0.15, 0.2) is 0 Å². The van der Waals surface area contributed by atoms with Crippen LogP contribution in [0, 0.1) is 5.92 Å². The van der Waals surface area contributed by atoms with Gasteiger partial charge in [-0.3, -0.25) is 0 Å². The zero-order valence-electron chi connectivity index (χ0n) is 11.2. The van der Waals surface area contributed by atoms with Crippen molar-refractivity contribution >= 4 is 0 Å². The third kappa shape index (κ3) is 3.79. The maximum Gasteiger partial charge on any atom is 0.0710 e. The fourth-order valence-electron chi connectivity index (χ4n) is 2.31. The van der Waals surface area contributed by atoms with Gasteiger partial charge in [-0.1, -0.05) is 30.2 Å². The molecule has 1 aliphatic carbocycles. The third-order valence-corrected chi connectivity index (χ3v) is 3.83. The van der Waals surface area contributed by atoms with Crippen LogP contribution < -0.4 is 0 Å². The summed E-state index contributed by atoms with van der Waals surface area (Å²) < 4.78 is 0. The summed E-state index contributed by atoms with van der Waals surface area (Å²) in [6, 6.07) is 0. The second kappa shape index (κ2) is 5.67. The van der Waals surface area contributed by atoms with Crippen molar-refractivity contribution in [2.45, 2.75) is 65.4 Å². The zero-order valence-corrected chi connectivity index (χ0v) is 11.2. The van der Waals surface area contributed by atoms with E-state index in [0.717, 1.165) is 32.1 Å². The number of allylic oxidation sites excluding steroid dienone is 3. The highest BCUT2D eigenvalue weighted by atomic mass is 16.3. The average Bonchev–Trinajstić information content (AvgIpc) is 2.22. The first-order valence-electron chi connectivity index (χ1n) is 6.45. The molecule has 0 aromatic heterocycles. The molecule has 0 radical (unpaired) electrons. The van der Waals surface area contributed by atoms with Crippen molar-refractivity contribution < 1.29 is 5.11 Å². The van der Waals surface area contributed by atoms with E-state index < -0.39 is 5.60 Å². The number of rotatable bonds is 4. The topological polar surface area (TPSA) is 20.2 Å². The second-order valence-corrected chi connectivity index (χ2v) is 5.62. The van der Waals surface area contributed by atoms with Crippen molar-refractivity contribution in [3.8, 4) is 0 Å². The Balaban J connectivity index is 2.47. The SMILES string of the molecule is CC(C)=CCCC(C)C1(O)CC=C(C)CC1. The predicted molar refractivity (Wildman–Crippen MR) is 70.4 cm³/mol. The molecule has 16 heavy (non-hydrogen) atoms. The Morgan fingerprint density at radius 1 is 1.56 bits per heavy atom. The first kappa shape index (κ1) is 13.5. The van der Waals surface area contributed by atoms with Gasteiger partial charge in [0.25, 0.3) is 0 Å². The van der Waals surface area contributed by atoms with E-state index in [1.165, 1.54) is 11.1 Å². The van der Waals surface area contributed by atoms with Gasteiger partial charge in [0.05, 0.1) is 5.60 Å². The first-order valence-corrected chi connectivity index (χ1v) is 6.45. The maximum absolute atomic E-state index is 10.6. The molecule has 0 aromatic carbocycles. The number of hydrogen-bond donors (Lipinski definition) is 1. The Kier molecular flexibility index (Phi) is 4.79. The third-order valence-electron chi connectivity index (χ3n) is 3.83. The smallest absolute Gasteiger partial charge is 0.0710 e. The lowest BCUT2D eigenvalue weighted by molar-refractivity contribution is -0.0234. The van der Waals surface area contributed by atoms with Crippen LogP contribution in [0.25, 0.3) is 0 Å². The molecule has 1 nitrogen and oxygen atoms in total. The van der Waals surface area contributed by atoms with Crippen molar-refractivity contribution in [3.05, 3.63) is 23.3 Å². The van der Waals surface area contributed by atoms with Gasteiger partial charge in [0, 0.05) is 0 Å². The largest absolute Gasteiger partial charge is 0.389 e. The van der Waals surface area contributed by atoms with Crippen LogP contribution in [0.5, 0.6) is 0 Å². The van der Waals surface area contributed by atoms with E-state index in [0.29, 0.717) is 5.92 Å². The summed E-state index contributed by atoms with van der Waals surface area (Å²) in [7, 11) is 0. The van der Waals surface area contributed by atoms with E-state index >= 15 is 0 Å². The highest BCUT2D eigenvalue weighted by molar-refractivity contribution is 5.09. The van der Waals surface area contributed by atoms with Crippen molar-refractivity contribution in [1.82, 2.24) is 0 Å². The summed E-state index contributed by atoms with van der Waals surface area (Å²) in [5, 5.41) is 10.6. The van der Waals surface area contributed by atoms with Gasteiger partial charge in [-0.25, -0.2) is 0 Å². The second-order valence-electron chi connectivity index (χ2n) is 5.62. The molecule has 2 atom stereocenters. The van der Waals surface area contributed by atoms with Crippen LogP contribution in [0.1, 0.15) is 59.8 Å². The van der Waals surface area contributed by atoms with E-state index in [4.69, 9.17) is 0 Å². The lowest BCUT2D eigenvalue weighted by atomic mass is 9.75. The quantitative estimate of drug-likeness (QED) is 0.706. The monoisotopic (exact) mass is 222 g/mol. The van der Waals surface area contributed by atoms with Gasteiger partial charge in [-0.2, -0.15) is 0 Å². The standard InChI is InChI=1S/C15H26O/c1-12(2)6-5-7-14(4)15(16)10-8-13(3)9-11-15/h6,8,14,16H,5,7,9-11H2,1-4H3. The highest BCUT2D eigenvalue weighted by Gasteiger charge is 2.33. The minimum absolute atomic E-state index is 0.396. The fraction of sp³-hybridized carbons (Fsp3) is 0.733. The molecule has 0 saturated heterocycles. The molecule has 1 heteroatoms. The van der Waals surface area contributed by atoms with Gasteiger partial charge in [0.1, 0.15) is 0 Å². The van der Waals surface area contributed by atoms with Crippen LogP contribution in [-0.4, -0.2) is 10.7 Å². The molecule has 0 fully saturated rings. The van der Waals surface area contributed by atoms with Crippen LogP contribution in [0.2, 0.25) is 0 Å². The van der Waals surface area contributed by atoms with E-state index in [9.17, 15) is 5.11 Å². The Hall–Kier alpha value is -0.560. The van der Waals surface area contributed by atoms with Crippen LogP contribution in [-0.2, 0) is 0 Å². The molecule has 1 rings (SSSR count). The molecule has 2 unspecified atom stereocenters. The van der Waals surface area contributed by atoms with Crippen molar-refractivity contribution in [2.24, 2.45) is 5.92 Å². The van der Waals surface area contributed by atoms with Crippen molar-refractivity contribution in [1.29, 1.82) is 0 Å². The Morgan fingerprint density at radius 3 is 2.75 bits per heavy atom. The Morgan fingerprint density at radius 2 is 2.25 bits per heavy atom. The zero-order chi connectivity index (χ0) is 12.2. The molecule has 1 N–H and O–H groups in total. The average molecular weight is 222 g/mol. The normalized spacial score (nSPS) is 27.2. The molecule has 0 aromatic rings. The molecule has 0 aliphatic heterocycles. The maximum atomic E-state index is 10.6. The lowest BCUT2D eigenvalue weighted by Gasteiger charge is -2.36. The minimum atomic E-state index is -0.449. The first-order chi connectivity index (χ1) is 7.44. The van der Waals surface area contributed by atoms with E-state index in [-0.39, 0.29) is 0 Å². The molecule has 0 heterocycles. The Labute approximate surface area is 100 Å². The number of aliphatic hydroxyl groups is 1. The number of hydrogen-bond acceptors (Lipinski definition) is 1.